The van der Waals surface area contributed by atoms with E-state index in [1.807, 2.05) is 30.0 Å². The molecular weight excluding hydrogens is 476 g/mol. The Hall–Kier alpha value is -3.75. The number of amides is 2. The quantitative estimate of drug-likeness (QED) is 0.355. The van der Waals surface area contributed by atoms with Crippen molar-refractivity contribution in [2.24, 2.45) is 5.92 Å². The van der Waals surface area contributed by atoms with E-state index in [2.05, 4.69) is 5.32 Å². The van der Waals surface area contributed by atoms with Gasteiger partial charge in [0, 0.05) is 31.6 Å². The van der Waals surface area contributed by atoms with Gasteiger partial charge in [-0.3, -0.25) is 9.59 Å². The molecule has 1 heterocycles. The van der Waals surface area contributed by atoms with Gasteiger partial charge in [0.15, 0.2) is 11.5 Å². The molecular formula is C28H36N2O7. The summed E-state index contributed by atoms with van der Waals surface area (Å²) >= 11 is 0. The number of benzene rings is 2. The minimum Gasteiger partial charge on any atom is -0.493 e. The average Bonchev–Trinajstić information content (AvgIpc) is 2.92. The number of rotatable bonds is 11. The molecule has 9 heteroatoms. The number of nitrogens with zero attached hydrogens (tertiary/aromatic N) is 1. The Labute approximate surface area is 218 Å². The van der Waals surface area contributed by atoms with Gasteiger partial charge in [-0.25, -0.2) is 4.79 Å². The lowest BCUT2D eigenvalue weighted by atomic mass is 9.96. The Balaban J connectivity index is 1.38. The number of piperidine rings is 1. The van der Waals surface area contributed by atoms with Crippen molar-refractivity contribution in [2.45, 2.75) is 39.5 Å². The summed E-state index contributed by atoms with van der Waals surface area (Å²) in [5, 5.41) is 2.97. The SMILES string of the molecule is CCOC(=O)Oc1ccc(C(=O)NCC2CCN(C(=O)CCc3ccc(OCC)c(OC)c3)CC2)cc1. The highest BCUT2D eigenvalue weighted by Crippen LogP contribution is 2.28. The van der Waals surface area contributed by atoms with Crippen molar-refractivity contribution < 1.29 is 33.3 Å². The smallest absolute Gasteiger partial charge is 0.493 e. The highest BCUT2D eigenvalue weighted by molar-refractivity contribution is 5.94. The van der Waals surface area contributed by atoms with Crippen molar-refractivity contribution >= 4 is 18.0 Å². The van der Waals surface area contributed by atoms with E-state index in [0.29, 0.717) is 67.8 Å². The minimum absolute atomic E-state index is 0.139. The number of ether oxygens (including phenoxy) is 4. The maximum Gasteiger partial charge on any atom is 0.513 e. The molecule has 2 aromatic rings. The number of carbonyl (C=O) groups excluding carboxylic acids is 3. The molecule has 0 aromatic heterocycles. The summed E-state index contributed by atoms with van der Waals surface area (Å²) in [6.45, 7) is 6.33. The van der Waals surface area contributed by atoms with Crippen molar-refractivity contribution in [3.05, 3.63) is 53.6 Å². The van der Waals surface area contributed by atoms with Gasteiger partial charge in [0.1, 0.15) is 5.75 Å². The molecule has 1 N–H and O–H groups in total. The molecule has 2 aromatic carbocycles. The van der Waals surface area contributed by atoms with Gasteiger partial charge in [-0.2, -0.15) is 0 Å². The van der Waals surface area contributed by atoms with Crippen molar-refractivity contribution in [3.8, 4) is 17.2 Å². The number of methoxy groups -OCH3 is 1. The molecule has 37 heavy (non-hydrogen) atoms. The summed E-state index contributed by atoms with van der Waals surface area (Å²) in [7, 11) is 1.61. The van der Waals surface area contributed by atoms with Gasteiger partial charge in [-0.05, 0) is 81.0 Å². The van der Waals surface area contributed by atoms with Crippen LogP contribution in [-0.2, 0) is 16.0 Å². The van der Waals surface area contributed by atoms with Gasteiger partial charge in [0.2, 0.25) is 5.91 Å². The highest BCUT2D eigenvalue weighted by Gasteiger charge is 2.23. The third kappa shape index (κ3) is 8.41. The van der Waals surface area contributed by atoms with Gasteiger partial charge in [-0.1, -0.05) is 6.07 Å². The zero-order valence-electron chi connectivity index (χ0n) is 21.8. The summed E-state index contributed by atoms with van der Waals surface area (Å²) in [6, 6.07) is 12.1. The minimum atomic E-state index is -0.777. The van der Waals surface area contributed by atoms with Crippen LogP contribution in [0.3, 0.4) is 0 Å². The summed E-state index contributed by atoms with van der Waals surface area (Å²) in [5.41, 5.74) is 1.52. The van der Waals surface area contributed by atoms with Gasteiger partial charge in [-0.15, -0.1) is 0 Å². The Kier molecular flexibility index (Phi) is 10.6. The van der Waals surface area contributed by atoms with Crippen LogP contribution >= 0.6 is 0 Å². The van der Waals surface area contributed by atoms with Gasteiger partial charge < -0.3 is 29.2 Å². The van der Waals surface area contributed by atoms with E-state index >= 15 is 0 Å². The van der Waals surface area contributed by atoms with Crippen LogP contribution in [0.5, 0.6) is 17.2 Å². The van der Waals surface area contributed by atoms with Crippen LogP contribution < -0.4 is 19.5 Å². The van der Waals surface area contributed by atoms with Crippen LogP contribution in [0.15, 0.2) is 42.5 Å². The predicted octanol–water partition coefficient (Wildman–Crippen LogP) is 4.23. The monoisotopic (exact) mass is 512 g/mol. The molecule has 0 saturated carbocycles. The Morgan fingerprint density at radius 1 is 0.973 bits per heavy atom. The Morgan fingerprint density at radius 3 is 2.35 bits per heavy atom. The summed E-state index contributed by atoms with van der Waals surface area (Å²) in [5.74, 6) is 1.96. The van der Waals surface area contributed by atoms with Crippen LogP contribution in [0.1, 0.15) is 49.0 Å². The first-order valence-corrected chi connectivity index (χ1v) is 12.7. The third-order valence-corrected chi connectivity index (χ3v) is 6.25. The fourth-order valence-corrected chi connectivity index (χ4v) is 4.20. The number of hydrogen-bond donors (Lipinski definition) is 1. The predicted molar refractivity (Wildman–Crippen MR) is 138 cm³/mol. The lowest BCUT2D eigenvalue weighted by molar-refractivity contribution is -0.132. The van der Waals surface area contributed by atoms with Crippen LogP contribution in [0.4, 0.5) is 4.79 Å². The highest BCUT2D eigenvalue weighted by atomic mass is 16.7. The Bertz CT molecular complexity index is 1050. The second-order valence-electron chi connectivity index (χ2n) is 8.76. The summed E-state index contributed by atoms with van der Waals surface area (Å²) in [4.78, 5) is 38.5. The molecule has 1 aliphatic heterocycles. The van der Waals surface area contributed by atoms with Crippen molar-refractivity contribution in [2.75, 3.05) is 40.0 Å². The van der Waals surface area contributed by atoms with Gasteiger partial charge in [0.25, 0.3) is 5.91 Å². The molecule has 9 nitrogen and oxygen atoms in total. The first kappa shape index (κ1) is 27.8. The number of nitrogens with one attached hydrogen (secondary N) is 1. The second-order valence-corrected chi connectivity index (χ2v) is 8.76. The molecule has 0 bridgehead atoms. The van der Waals surface area contributed by atoms with E-state index in [-0.39, 0.29) is 18.4 Å². The largest absolute Gasteiger partial charge is 0.513 e. The molecule has 1 saturated heterocycles. The first-order valence-electron chi connectivity index (χ1n) is 12.7. The fourth-order valence-electron chi connectivity index (χ4n) is 4.20. The molecule has 3 rings (SSSR count). The molecule has 0 spiro atoms. The lowest BCUT2D eigenvalue weighted by Gasteiger charge is -2.32. The topological polar surface area (TPSA) is 103 Å². The third-order valence-electron chi connectivity index (χ3n) is 6.25. The maximum absolute atomic E-state index is 12.7. The molecule has 2 amide bonds. The van der Waals surface area contributed by atoms with Gasteiger partial charge >= 0.3 is 6.16 Å². The molecule has 1 fully saturated rings. The van der Waals surface area contributed by atoms with Crippen LogP contribution in [0.2, 0.25) is 0 Å². The van der Waals surface area contributed by atoms with Gasteiger partial charge in [0.05, 0.1) is 20.3 Å². The molecule has 0 unspecified atom stereocenters. The maximum atomic E-state index is 12.7. The van der Waals surface area contributed by atoms with E-state index in [1.165, 1.54) is 0 Å². The normalized spacial score (nSPS) is 13.5. The van der Waals surface area contributed by atoms with Crippen LogP contribution in [0, 0.1) is 5.92 Å². The van der Waals surface area contributed by atoms with Crippen molar-refractivity contribution in [3.63, 3.8) is 0 Å². The first-order chi connectivity index (χ1) is 17.9. The van der Waals surface area contributed by atoms with E-state index < -0.39 is 6.16 Å². The molecule has 0 aliphatic carbocycles. The van der Waals surface area contributed by atoms with Crippen molar-refractivity contribution in [1.82, 2.24) is 10.2 Å². The number of hydrogen-bond acceptors (Lipinski definition) is 7. The van der Waals surface area contributed by atoms with Crippen molar-refractivity contribution in [1.29, 1.82) is 0 Å². The van der Waals surface area contributed by atoms with Crippen LogP contribution in [0.25, 0.3) is 0 Å². The molecule has 0 atom stereocenters. The second kappa shape index (κ2) is 14.1. The summed E-state index contributed by atoms with van der Waals surface area (Å²) in [6.07, 6.45) is 1.99. The van der Waals surface area contributed by atoms with E-state index in [9.17, 15) is 14.4 Å². The fraction of sp³-hybridized carbons (Fsp3) is 0.464. The lowest BCUT2D eigenvalue weighted by Crippen LogP contribution is -2.41. The van der Waals surface area contributed by atoms with E-state index in [1.54, 1.807) is 38.3 Å². The van der Waals surface area contributed by atoms with E-state index in [0.717, 1.165) is 18.4 Å². The zero-order valence-corrected chi connectivity index (χ0v) is 21.8. The zero-order chi connectivity index (χ0) is 26.6. The average molecular weight is 513 g/mol. The molecule has 1 aliphatic rings. The molecule has 200 valence electrons. The van der Waals surface area contributed by atoms with Crippen LogP contribution in [-0.4, -0.2) is 62.8 Å². The standard InChI is InChI=1S/C28H36N2O7/c1-4-35-24-12-6-20(18-25(24)34-3)7-13-26(31)30-16-14-21(15-17-30)19-29-27(32)22-8-10-23(11-9-22)37-28(33)36-5-2/h6,8-12,18,21H,4-5,7,13-17,19H2,1-3H3,(H,29,32). The Morgan fingerprint density at radius 2 is 1.70 bits per heavy atom. The van der Waals surface area contributed by atoms with E-state index in [4.69, 9.17) is 18.9 Å². The number of aryl methyl sites for hydroxylation is 1. The summed E-state index contributed by atoms with van der Waals surface area (Å²) < 4.78 is 20.7. The number of likely N-dealkylation sites (tertiary alicyclic amines) is 1. The molecule has 0 radical (unpaired) electrons. The number of carbonyl (C=O) groups is 3.